The zero-order valence-corrected chi connectivity index (χ0v) is 11.9. The van der Waals surface area contributed by atoms with Gasteiger partial charge in [-0.1, -0.05) is 0 Å². The number of likely N-dealkylation sites (tertiary alicyclic amines) is 1. The molecule has 106 valence electrons. The molecule has 1 N–H and O–H groups in total. The van der Waals surface area contributed by atoms with Gasteiger partial charge in [-0.25, -0.2) is 0 Å². The lowest BCUT2D eigenvalue weighted by Crippen LogP contribution is -2.22. The third-order valence-electron chi connectivity index (χ3n) is 4.17. The van der Waals surface area contributed by atoms with Gasteiger partial charge in [0, 0.05) is 38.3 Å². The number of methoxy groups -OCH3 is 1. The summed E-state index contributed by atoms with van der Waals surface area (Å²) in [6.45, 7) is 6.04. The van der Waals surface area contributed by atoms with E-state index in [9.17, 15) is 0 Å². The van der Waals surface area contributed by atoms with Crippen LogP contribution in [0, 0.1) is 6.92 Å². The highest BCUT2D eigenvalue weighted by Gasteiger charge is 2.24. The summed E-state index contributed by atoms with van der Waals surface area (Å²) in [4.78, 5) is 2.41. The molecule has 1 saturated heterocycles. The van der Waals surface area contributed by atoms with E-state index in [4.69, 9.17) is 9.15 Å². The Labute approximate surface area is 115 Å². The zero-order valence-electron chi connectivity index (χ0n) is 11.9. The molecule has 1 aliphatic carbocycles. The van der Waals surface area contributed by atoms with Crippen LogP contribution < -0.4 is 5.32 Å². The topological polar surface area (TPSA) is 37.6 Å². The minimum Gasteiger partial charge on any atom is -0.465 e. The Morgan fingerprint density at radius 1 is 1.42 bits per heavy atom. The van der Waals surface area contributed by atoms with E-state index in [0.717, 1.165) is 50.2 Å². The van der Waals surface area contributed by atoms with Crippen LogP contribution in [0.3, 0.4) is 0 Å². The smallest absolute Gasteiger partial charge is 0.118 e. The van der Waals surface area contributed by atoms with Crippen molar-refractivity contribution in [1.29, 1.82) is 0 Å². The van der Waals surface area contributed by atoms with Gasteiger partial charge in [0.1, 0.15) is 11.5 Å². The van der Waals surface area contributed by atoms with Crippen LogP contribution in [0.25, 0.3) is 0 Å². The van der Waals surface area contributed by atoms with E-state index in [1.807, 2.05) is 0 Å². The Bertz CT molecular complexity index is 426. The van der Waals surface area contributed by atoms with Gasteiger partial charge in [0.2, 0.25) is 0 Å². The van der Waals surface area contributed by atoms with Crippen LogP contribution in [-0.2, 0) is 17.8 Å². The van der Waals surface area contributed by atoms with Crippen molar-refractivity contribution < 1.29 is 9.15 Å². The maximum absolute atomic E-state index is 5.88. The molecule has 4 nitrogen and oxygen atoms in total. The first-order valence-corrected chi connectivity index (χ1v) is 7.31. The van der Waals surface area contributed by atoms with Crippen molar-refractivity contribution >= 4 is 0 Å². The van der Waals surface area contributed by atoms with Crippen molar-refractivity contribution in [1.82, 2.24) is 10.2 Å². The molecule has 2 heterocycles. The molecule has 19 heavy (non-hydrogen) atoms. The van der Waals surface area contributed by atoms with Crippen LogP contribution in [0.4, 0.5) is 0 Å². The maximum atomic E-state index is 5.88. The first kappa shape index (κ1) is 13.2. The molecule has 3 rings (SSSR count). The van der Waals surface area contributed by atoms with E-state index in [0.29, 0.717) is 6.10 Å². The molecule has 0 spiro atoms. The number of rotatable bonds is 6. The number of aryl methyl sites for hydroxylation is 1. The summed E-state index contributed by atoms with van der Waals surface area (Å²) < 4.78 is 11.3. The second-order valence-corrected chi connectivity index (χ2v) is 5.83. The number of furan rings is 1. The minimum absolute atomic E-state index is 0.395. The van der Waals surface area contributed by atoms with Crippen molar-refractivity contribution in [2.45, 2.75) is 51.4 Å². The van der Waals surface area contributed by atoms with Gasteiger partial charge in [0.05, 0.1) is 12.6 Å². The standard InChI is InChI=1S/C15H24N2O2/c1-11-12(8-16-13-3-4-13)7-15(19-11)10-17-6-5-14(9-17)18-2/h7,13-14,16H,3-6,8-10H2,1-2H3. The third-order valence-corrected chi connectivity index (χ3v) is 4.17. The van der Waals surface area contributed by atoms with Crippen molar-refractivity contribution in [3.8, 4) is 0 Å². The van der Waals surface area contributed by atoms with E-state index in [-0.39, 0.29) is 0 Å². The molecule has 1 saturated carbocycles. The van der Waals surface area contributed by atoms with Crippen LogP contribution in [0.2, 0.25) is 0 Å². The normalized spacial score (nSPS) is 24.2. The Kier molecular flexibility index (Phi) is 3.91. The van der Waals surface area contributed by atoms with Gasteiger partial charge in [-0.3, -0.25) is 4.90 Å². The highest BCUT2D eigenvalue weighted by molar-refractivity contribution is 5.21. The molecular weight excluding hydrogens is 240 g/mol. The molecule has 1 aliphatic heterocycles. The summed E-state index contributed by atoms with van der Waals surface area (Å²) >= 11 is 0. The summed E-state index contributed by atoms with van der Waals surface area (Å²) in [5.74, 6) is 2.15. The largest absolute Gasteiger partial charge is 0.465 e. The van der Waals surface area contributed by atoms with Crippen LogP contribution in [0.15, 0.2) is 10.5 Å². The molecule has 1 unspecified atom stereocenters. The highest BCUT2D eigenvalue weighted by atomic mass is 16.5. The average molecular weight is 264 g/mol. The Morgan fingerprint density at radius 2 is 2.26 bits per heavy atom. The van der Waals surface area contributed by atoms with Crippen molar-refractivity contribution in [2.75, 3.05) is 20.2 Å². The third kappa shape index (κ3) is 3.38. The first-order chi connectivity index (χ1) is 9.24. The van der Waals surface area contributed by atoms with E-state index in [1.54, 1.807) is 7.11 Å². The predicted molar refractivity (Wildman–Crippen MR) is 74.0 cm³/mol. The molecule has 1 aromatic heterocycles. The molecule has 2 aliphatic rings. The van der Waals surface area contributed by atoms with Gasteiger partial charge >= 0.3 is 0 Å². The van der Waals surface area contributed by atoms with Crippen molar-refractivity contribution in [3.05, 3.63) is 23.2 Å². The summed E-state index contributed by atoms with van der Waals surface area (Å²) in [6, 6.07) is 2.96. The number of hydrogen-bond acceptors (Lipinski definition) is 4. The predicted octanol–water partition coefficient (Wildman–Crippen LogP) is 2.06. The van der Waals surface area contributed by atoms with Gasteiger partial charge in [0.25, 0.3) is 0 Å². The van der Waals surface area contributed by atoms with E-state index < -0.39 is 0 Å². The van der Waals surface area contributed by atoms with E-state index in [1.165, 1.54) is 18.4 Å². The average Bonchev–Trinajstić information content (AvgIpc) is 3.01. The van der Waals surface area contributed by atoms with Crippen LogP contribution in [-0.4, -0.2) is 37.2 Å². The quantitative estimate of drug-likeness (QED) is 0.853. The fraction of sp³-hybridized carbons (Fsp3) is 0.733. The first-order valence-electron chi connectivity index (χ1n) is 7.31. The zero-order chi connectivity index (χ0) is 13.2. The van der Waals surface area contributed by atoms with Crippen LogP contribution in [0.1, 0.15) is 36.3 Å². The summed E-state index contributed by atoms with van der Waals surface area (Å²) in [7, 11) is 1.80. The van der Waals surface area contributed by atoms with Crippen LogP contribution in [0.5, 0.6) is 0 Å². The molecule has 4 heteroatoms. The molecule has 1 atom stereocenters. The second kappa shape index (κ2) is 5.65. The molecule has 0 bridgehead atoms. The molecule has 0 radical (unpaired) electrons. The SMILES string of the molecule is COC1CCN(Cc2cc(CNC3CC3)c(C)o2)C1. The van der Waals surface area contributed by atoms with Crippen molar-refractivity contribution in [3.63, 3.8) is 0 Å². The highest BCUT2D eigenvalue weighted by Crippen LogP contribution is 2.22. The minimum atomic E-state index is 0.395. The van der Waals surface area contributed by atoms with Gasteiger partial charge < -0.3 is 14.5 Å². The Morgan fingerprint density at radius 3 is 2.95 bits per heavy atom. The van der Waals surface area contributed by atoms with Crippen molar-refractivity contribution in [2.24, 2.45) is 0 Å². The summed E-state index contributed by atoms with van der Waals surface area (Å²) in [5, 5.41) is 3.54. The number of hydrogen-bond donors (Lipinski definition) is 1. The molecule has 2 fully saturated rings. The molecular formula is C15H24N2O2. The fourth-order valence-corrected chi connectivity index (χ4v) is 2.74. The maximum Gasteiger partial charge on any atom is 0.118 e. The fourth-order valence-electron chi connectivity index (χ4n) is 2.74. The number of ether oxygens (including phenoxy) is 1. The lowest BCUT2D eigenvalue weighted by molar-refractivity contribution is 0.106. The molecule has 0 amide bonds. The van der Waals surface area contributed by atoms with Gasteiger partial charge in [-0.2, -0.15) is 0 Å². The summed E-state index contributed by atoms with van der Waals surface area (Å²) in [6.07, 6.45) is 4.19. The Balaban J connectivity index is 1.54. The summed E-state index contributed by atoms with van der Waals surface area (Å²) in [5.41, 5.74) is 1.31. The van der Waals surface area contributed by atoms with E-state index in [2.05, 4.69) is 23.2 Å². The number of nitrogens with zero attached hydrogens (tertiary/aromatic N) is 1. The lowest BCUT2D eigenvalue weighted by atomic mass is 10.2. The molecule has 1 aromatic rings. The van der Waals surface area contributed by atoms with E-state index >= 15 is 0 Å². The molecule has 0 aromatic carbocycles. The van der Waals surface area contributed by atoms with Gasteiger partial charge in [0.15, 0.2) is 0 Å². The Hall–Kier alpha value is -0.840. The second-order valence-electron chi connectivity index (χ2n) is 5.83. The lowest BCUT2D eigenvalue weighted by Gasteiger charge is -2.13. The number of nitrogens with one attached hydrogen (secondary N) is 1. The van der Waals surface area contributed by atoms with Gasteiger partial charge in [-0.05, 0) is 32.3 Å². The monoisotopic (exact) mass is 264 g/mol. The van der Waals surface area contributed by atoms with Crippen LogP contribution >= 0.6 is 0 Å². The van der Waals surface area contributed by atoms with Gasteiger partial charge in [-0.15, -0.1) is 0 Å².